The highest BCUT2D eigenvalue weighted by molar-refractivity contribution is 7.89. The maximum Gasteiger partial charge on any atom is 0.262 e. The largest absolute Gasteiger partial charge is 0.486 e. The molecule has 2 amide bonds. The number of amides is 2. The molecule has 0 unspecified atom stereocenters. The van der Waals surface area contributed by atoms with Crippen LogP contribution < -0.4 is 30.8 Å². The van der Waals surface area contributed by atoms with Crippen molar-refractivity contribution in [1.82, 2.24) is 14.6 Å². The minimum absolute atomic E-state index is 0.143. The SMILES string of the molecule is CNS(=O)(=O)c1cc2c(cc1-n1c(N)c3c(cc1=O)C(=O)NC3=O)OCCO2. The summed E-state index contributed by atoms with van der Waals surface area (Å²) in [6, 6.07) is 3.43. The summed E-state index contributed by atoms with van der Waals surface area (Å²) in [5, 5.41) is 2.05. The maximum atomic E-state index is 12.7. The molecule has 4 rings (SSSR count). The van der Waals surface area contributed by atoms with Gasteiger partial charge in [-0.15, -0.1) is 0 Å². The maximum absolute atomic E-state index is 12.7. The lowest BCUT2D eigenvalue weighted by Gasteiger charge is -2.22. The molecule has 11 nitrogen and oxygen atoms in total. The van der Waals surface area contributed by atoms with E-state index in [1.165, 1.54) is 19.2 Å². The van der Waals surface area contributed by atoms with Crippen molar-refractivity contribution in [3.8, 4) is 17.2 Å². The highest BCUT2D eigenvalue weighted by atomic mass is 32.2. The molecule has 4 N–H and O–H groups in total. The third-order valence-electron chi connectivity index (χ3n) is 4.38. The molecular weight excluding hydrogens is 392 g/mol. The number of benzene rings is 1. The Morgan fingerprint density at radius 3 is 2.36 bits per heavy atom. The van der Waals surface area contributed by atoms with Gasteiger partial charge in [0.25, 0.3) is 17.4 Å². The number of imide groups is 1. The van der Waals surface area contributed by atoms with Crippen LogP contribution in [-0.2, 0) is 10.0 Å². The number of nitrogen functional groups attached to an aromatic ring is 1. The van der Waals surface area contributed by atoms with Crippen LogP contribution in [0, 0.1) is 0 Å². The molecule has 2 aliphatic heterocycles. The number of pyridine rings is 1. The van der Waals surface area contributed by atoms with Gasteiger partial charge in [0.1, 0.15) is 23.9 Å². The van der Waals surface area contributed by atoms with E-state index < -0.39 is 27.4 Å². The number of fused-ring (bicyclic) bond motifs is 2. The smallest absolute Gasteiger partial charge is 0.262 e. The molecule has 0 radical (unpaired) electrons. The van der Waals surface area contributed by atoms with Gasteiger partial charge in [-0.2, -0.15) is 0 Å². The summed E-state index contributed by atoms with van der Waals surface area (Å²) in [4.78, 5) is 36.3. The van der Waals surface area contributed by atoms with E-state index in [1.54, 1.807) is 0 Å². The first-order valence-electron chi connectivity index (χ1n) is 8.03. The Morgan fingerprint density at radius 1 is 1.07 bits per heavy atom. The predicted octanol–water partition coefficient (Wildman–Crippen LogP) is -1.02. The molecule has 0 spiro atoms. The van der Waals surface area contributed by atoms with Gasteiger partial charge < -0.3 is 15.2 Å². The molecule has 2 aliphatic rings. The van der Waals surface area contributed by atoms with Crippen molar-refractivity contribution >= 4 is 27.7 Å². The number of hydrogen-bond acceptors (Lipinski definition) is 8. The van der Waals surface area contributed by atoms with Gasteiger partial charge in [0, 0.05) is 18.2 Å². The molecule has 0 fully saturated rings. The van der Waals surface area contributed by atoms with Gasteiger partial charge in [0.05, 0.1) is 16.8 Å². The van der Waals surface area contributed by atoms with Gasteiger partial charge in [-0.1, -0.05) is 0 Å². The fraction of sp³-hybridized carbons (Fsp3) is 0.188. The van der Waals surface area contributed by atoms with Crippen LogP contribution in [-0.4, -0.2) is 45.1 Å². The van der Waals surface area contributed by atoms with E-state index in [0.717, 1.165) is 10.6 Å². The first-order chi connectivity index (χ1) is 13.2. The van der Waals surface area contributed by atoms with Crippen LogP contribution in [0.1, 0.15) is 20.7 Å². The van der Waals surface area contributed by atoms with Crippen molar-refractivity contribution in [3.63, 3.8) is 0 Å². The molecule has 146 valence electrons. The summed E-state index contributed by atoms with van der Waals surface area (Å²) in [5.41, 5.74) is 4.71. The Labute approximate surface area is 158 Å². The lowest BCUT2D eigenvalue weighted by atomic mass is 10.1. The average Bonchev–Trinajstić information content (AvgIpc) is 2.94. The quantitative estimate of drug-likeness (QED) is 0.547. The zero-order valence-electron chi connectivity index (χ0n) is 14.4. The Bertz CT molecular complexity index is 1220. The second-order valence-electron chi connectivity index (χ2n) is 5.95. The number of carbonyl (C=O) groups is 2. The molecule has 1 aromatic heterocycles. The summed E-state index contributed by atoms with van der Waals surface area (Å²) in [6.07, 6.45) is 0. The molecule has 2 aromatic rings. The van der Waals surface area contributed by atoms with E-state index >= 15 is 0 Å². The number of sulfonamides is 1. The highest BCUT2D eigenvalue weighted by Gasteiger charge is 2.33. The normalized spacial score (nSPS) is 15.3. The van der Waals surface area contributed by atoms with Crippen molar-refractivity contribution < 1.29 is 27.5 Å². The number of rotatable bonds is 3. The van der Waals surface area contributed by atoms with E-state index in [0.29, 0.717) is 0 Å². The number of ether oxygens (including phenoxy) is 2. The van der Waals surface area contributed by atoms with E-state index in [4.69, 9.17) is 15.2 Å². The standard InChI is InChI=1S/C16H14N4O7S/c1-18-28(24,25)11-6-10-9(26-2-3-27-10)5-8(11)20-12(21)4-7-13(14(20)17)16(23)19-15(7)22/h4-6,18H,2-3,17H2,1H3,(H,19,22,23). The minimum atomic E-state index is -4.05. The van der Waals surface area contributed by atoms with E-state index in [-0.39, 0.29) is 52.2 Å². The molecule has 0 aliphatic carbocycles. The van der Waals surface area contributed by atoms with E-state index in [9.17, 15) is 22.8 Å². The minimum Gasteiger partial charge on any atom is -0.486 e. The van der Waals surface area contributed by atoms with Gasteiger partial charge in [0.2, 0.25) is 10.0 Å². The highest BCUT2D eigenvalue weighted by Crippen LogP contribution is 2.37. The van der Waals surface area contributed by atoms with E-state index in [1.807, 2.05) is 5.32 Å². The lowest BCUT2D eigenvalue weighted by Crippen LogP contribution is -2.28. The summed E-state index contributed by atoms with van der Waals surface area (Å²) >= 11 is 0. The monoisotopic (exact) mass is 406 g/mol. The van der Waals surface area contributed by atoms with Crippen molar-refractivity contribution in [3.05, 3.63) is 39.7 Å². The van der Waals surface area contributed by atoms with Crippen LogP contribution in [0.4, 0.5) is 5.82 Å². The van der Waals surface area contributed by atoms with Gasteiger partial charge in [-0.05, 0) is 7.05 Å². The Balaban J connectivity index is 2.08. The first-order valence-corrected chi connectivity index (χ1v) is 9.51. The topological polar surface area (TPSA) is 159 Å². The van der Waals surface area contributed by atoms with Crippen molar-refractivity contribution in [2.45, 2.75) is 4.90 Å². The van der Waals surface area contributed by atoms with Crippen molar-refractivity contribution in [1.29, 1.82) is 0 Å². The van der Waals surface area contributed by atoms with Gasteiger partial charge >= 0.3 is 0 Å². The fourth-order valence-corrected chi connectivity index (χ4v) is 3.99. The molecule has 0 atom stereocenters. The molecule has 0 saturated carbocycles. The summed E-state index contributed by atoms with van der Waals surface area (Å²) in [7, 11) is -2.85. The zero-order chi connectivity index (χ0) is 20.2. The van der Waals surface area contributed by atoms with Crippen LogP contribution in [0.25, 0.3) is 5.69 Å². The van der Waals surface area contributed by atoms with E-state index in [2.05, 4.69) is 4.72 Å². The Hall–Kier alpha value is -3.38. The molecular formula is C16H14N4O7S. The first kappa shape index (κ1) is 18.0. The summed E-state index contributed by atoms with van der Waals surface area (Å²) in [6.45, 7) is 0.463. The van der Waals surface area contributed by atoms with Crippen LogP contribution in [0.5, 0.6) is 11.5 Å². The Kier molecular flexibility index (Phi) is 3.90. The van der Waals surface area contributed by atoms with Crippen LogP contribution in [0.2, 0.25) is 0 Å². The van der Waals surface area contributed by atoms with Crippen LogP contribution >= 0.6 is 0 Å². The Morgan fingerprint density at radius 2 is 1.71 bits per heavy atom. The van der Waals surface area contributed by atoms with Crippen LogP contribution in [0.3, 0.4) is 0 Å². The van der Waals surface area contributed by atoms with Gasteiger partial charge in [0.15, 0.2) is 11.5 Å². The molecule has 28 heavy (non-hydrogen) atoms. The number of hydrogen-bond donors (Lipinski definition) is 3. The number of nitrogens with zero attached hydrogens (tertiary/aromatic N) is 1. The lowest BCUT2D eigenvalue weighted by molar-refractivity contribution is 0.0880. The van der Waals surface area contributed by atoms with Gasteiger partial charge in [-0.3, -0.25) is 24.3 Å². The second kappa shape index (κ2) is 6.07. The number of anilines is 1. The summed E-state index contributed by atoms with van der Waals surface area (Å²) in [5.74, 6) is -1.49. The number of nitrogens with one attached hydrogen (secondary N) is 2. The molecule has 3 heterocycles. The summed E-state index contributed by atoms with van der Waals surface area (Å²) < 4.78 is 39.0. The van der Waals surface area contributed by atoms with Crippen molar-refractivity contribution in [2.75, 3.05) is 26.0 Å². The third-order valence-corrected chi connectivity index (χ3v) is 5.82. The number of carbonyl (C=O) groups excluding carboxylic acids is 2. The fourth-order valence-electron chi connectivity index (χ4n) is 3.09. The van der Waals surface area contributed by atoms with Crippen LogP contribution in [0.15, 0.2) is 27.9 Å². The second-order valence-corrected chi connectivity index (χ2v) is 7.80. The van der Waals surface area contributed by atoms with Gasteiger partial charge in [-0.25, -0.2) is 13.1 Å². The predicted molar refractivity (Wildman–Crippen MR) is 95.5 cm³/mol. The van der Waals surface area contributed by atoms with Crippen molar-refractivity contribution in [2.24, 2.45) is 0 Å². The molecule has 0 bridgehead atoms. The molecule has 0 saturated heterocycles. The zero-order valence-corrected chi connectivity index (χ0v) is 15.3. The molecule has 12 heteroatoms. The number of aromatic nitrogens is 1. The average molecular weight is 406 g/mol. The third kappa shape index (κ3) is 2.53. The molecule has 1 aromatic carbocycles. The number of nitrogens with two attached hydrogens (primary N) is 1.